The smallest absolute Gasteiger partial charge is 0.162 e. The molecule has 1 atom stereocenters. The molecule has 2 aliphatic rings. The standard InChI is InChI=1S/C10H16ClN3S/c1-3-15-10-12-8-4-5-14(2)6-7(8)9(11)13-10/h9H,3-6H2,1-2H3,(H,12,13). The van der Waals surface area contributed by atoms with Crippen molar-refractivity contribution in [2.45, 2.75) is 18.8 Å². The average molecular weight is 246 g/mol. The van der Waals surface area contributed by atoms with Crippen molar-refractivity contribution < 1.29 is 0 Å². The van der Waals surface area contributed by atoms with Gasteiger partial charge in [0.05, 0.1) is 0 Å². The molecule has 0 aromatic carbocycles. The van der Waals surface area contributed by atoms with E-state index in [0.717, 1.165) is 30.4 Å². The fourth-order valence-electron chi connectivity index (χ4n) is 1.84. The van der Waals surface area contributed by atoms with Gasteiger partial charge in [0, 0.05) is 30.8 Å². The molecule has 0 radical (unpaired) electrons. The van der Waals surface area contributed by atoms with Gasteiger partial charge in [0.15, 0.2) is 10.7 Å². The van der Waals surface area contributed by atoms with E-state index in [0.29, 0.717) is 0 Å². The Kier molecular flexibility index (Phi) is 3.59. The van der Waals surface area contributed by atoms with E-state index >= 15 is 0 Å². The SMILES string of the molecule is CCSC1=NC(Cl)C2=C(CCN(C)C2)N1. The lowest BCUT2D eigenvalue weighted by Crippen LogP contribution is -2.39. The third-order valence-electron chi connectivity index (χ3n) is 2.63. The molecule has 2 aliphatic heterocycles. The molecule has 0 fully saturated rings. The lowest BCUT2D eigenvalue weighted by Gasteiger charge is -2.32. The highest BCUT2D eigenvalue weighted by molar-refractivity contribution is 8.13. The van der Waals surface area contributed by atoms with Gasteiger partial charge in [-0.25, -0.2) is 4.99 Å². The molecule has 0 aliphatic carbocycles. The number of aliphatic imine (C=N–C) groups is 1. The topological polar surface area (TPSA) is 27.6 Å². The van der Waals surface area contributed by atoms with E-state index in [1.54, 1.807) is 11.8 Å². The summed E-state index contributed by atoms with van der Waals surface area (Å²) >= 11 is 7.98. The lowest BCUT2D eigenvalue weighted by atomic mass is 10.1. The predicted octanol–water partition coefficient (Wildman–Crippen LogP) is 1.85. The maximum atomic E-state index is 6.26. The zero-order valence-corrected chi connectivity index (χ0v) is 10.7. The molecule has 0 bridgehead atoms. The van der Waals surface area contributed by atoms with Gasteiger partial charge < -0.3 is 10.2 Å². The number of nitrogens with one attached hydrogen (secondary N) is 1. The second kappa shape index (κ2) is 4.76. The Labute approximate surface area is 100.0 Å². The minimum absolute atomic E-state index is 0.168. The Morgan fingerprint density at radius 2 is 2.47 bits per heavy atom. The quantitative estimate of drug-likeness (QED) is 0.565. The van der Waals surface area contributed by atoms with E-state index in [1.165, 1.54) is 11.3 Å². The van der Waals surface area contributed by atoms with Gasteiger partial charge in [0.1, 0.15) is 0 Å². The summed E-state index contributed by atoms with van der Waals surface area (Å²) < 4.78 is 0. The number of alkyl halides is 1. The summed E-state index contributed by atoms with van der Waals surface area (Å²) in [6.45, 7) is 4.15. The number of hydrogen-bond acceptors (Lipinski definition) is 4. The minimum atomic E-state index is -0.168. The van der Waals surface area contributed by atoms with E-state index in [4.69, 9.17) is 11.6 Å². The van der Waals surface area contributed by atoms with Crippen molar-refractivity contribution in [3.05, 3.63) is 11.3 Å². The number of thioether (sulfide) groups is 1. The van der Waals surface area contributed by atoms with Crippen molar-refractivity contribution >= 4 is 28.5 Å². The van der Waals surface area contributed by atoms with Crippen LogP contribution in [0, 0.1) is 0 Å². The van der Waals surface area contributed by atoms with Crippen LogP contribution < -0.4 is 5.32 Å². The third kappa shape index (κ3) is 2.49. The molecule has 0 aromatic heterocycles. The predicted molar refractivity (Wildman–Crippen MR) is 67.5 cm³/mol. The summed E-state index contributed by atoms with van der Waals surface area (Å²) in [6.07, 6.45) is 1.05. The molecule has 3 nitrogen and oxygen atoms in total. The van der Waals surface area contributed by atoms with Crippen LogP contribution in [0.1, 0.15) is 13.3 Å². The van der Waals surface area contributed by atoms with Crippen molar-refractivity contribution in [3.63, 3.8) is 0 Å². The number of hydrogen-bond donors (Lipinski definition) is 1. The molecule has 0 saturated carbocycles. The Bertz CT molecular complexity index is 314. The Hall–Kier alpha value is -0.190. The largest absolute Gasteiger partial charge is 0.338 e. The zero-order valence-electron chi connectivity index (χ0n) is 9.09. The second-order valence-corrected chi connectivity index (χ2v) is 5.49. The molecule has 84 valence electrons. The van der Waals surface area contributed by atoms with Crippen LogP contribution in [0.4, 0.5) is 0 Å². The highest BCUT2D eigenvalue weighted by Gasteiger charge is 2.26. The first-order valence-corrected chi connectivity index (χ1v) is 6.65. The van der Waals surface area contributed by atoms with Gasteiger partial charge >= 0.3 is 0 Å². The van der Waals surface area contributed by atoms with E-state index in [9.17, 15) is 0 Å². The number of likely N-dealkylation sites (N-methyl/N-ethyl adjacent to an activating group) is 1. The van der Waals surface area contributed by atoms with Crippen molar-refractivity contribution in [1.82, 2.24) is 10.2 Å². The number of halogens is 1. The van der Waals surface area contributed by atoms with Gasteiger partial charge in [-0.3, -0.25) is 0 Å². The van der Waals surface area contributed by atoms with E-state index < -0.39 is 0 Å². The van der Waals surface area contributed by atoms with Crippen LogP contribution in [0.3, 0.4) is 0 Å². The van der Waals surface area contributed by atoms with Gasteiger partial charge in [-0.15, -0.1) is 0 Å². The van der Waals surface area contributed by atoms with Crippen molar-refractivity contribution in [1.29, 1.82) is 0 Å². The van der Waals surface area contributed by atoms with Gasteiger partial charge in [0.2, 0.25) is 0 Å². The molecule has 1 N–H and O–H groups in total. The zero-order chi connectivity index (χ0) is 10.8. The maximum absolute atomic E-state index is 6.26. The number of amidine groups is 1. The molecule has 15 heavy (non-hydrogen) atoms. The Balaban J connectivity index is 2.12. The minimum Gasteiger partial charge on any atom is -0.338 e. The first-order valence-electron chi connectivity index (χ1n) is 5.23. The van der Waals surface area contributed by atoms with Crippen LogP contribution in [0.15, 0.2) is 16.3 Å². The third-order valence-corrected chi connectivity index (χ3v) is 3.76. The van der Waals surface area contributed by atoms with Crippen LogP contribution in [-0.4, -0.2) is 41.5 Å². The second-order valence-electron chi connectivity index (χ2n) is 3.82. The van der Waals surface area contributed by atoms with Crippen molar-refractivity contribution in [2.75, 3.05) is 25.9 Å². The van der Waals surface area contributed by atoms with Gasteiger partial charge in [0.25, 0.3) is 0 Å². The summed E-state index contributed by atoms with van der Waals surface area (Å²) in [4.78, 5) is 6.72. The highest BCUT2D eigenvalue weighted by atomic mass is 35.5. The summed E-state index contributed by atoms with van der Waals surface area (Å²) in [5, 5.41) is 4.36. The summed E-state index contributed by atoms with van der Waals surface area (Å²) in [5.41, 5.74) is 2.36. The van der Waals surface area contributed by atoms with Crippen LogP contribution in [0.25, 0.3) is 0 Å². The Morgan fingerprint density at radius 1 is 1.67 bits per heavy atom. The first kappa shape index (κ1) is 11.3. The summed E-state index contributed by atoms with van der Waals surface area (Å²) in [6, 6.07) is 0. The molecule has 0 amide bonds. The normalized spacial score (nSPS) is 27.1. The number of nitrogens with zero attached hydrogens (tertiary/aromatic N) is 2. The van der Waals surface area contributed by atoms with Crippen LogP contribution in [0.2, 0.25) is 0 Å². The monoisotopic (exact) mass is 245 g/mol. The summed E-state index contributed by atoms with van der Waals surface area (Å²) in [5.74, 6) is 1.03. The maximum Gasteiger partial charge on any atom is 0.162 e. The Morgan fingerprint density at radius 3 is 3.20 bits per heavy atom. The molecule has 0 aromatic rings. The first-order chi connectivity index (χ1) is 7.20. The molecule has 0 saturated heterocycles. The van der Waals surface area contributed by atoms with E-state index in [1.807, 2.05) is 0 Å². The van der Waals surface area contributed by atoms with Gasteiger partial charge in [-0.2, -0.15) is 0 Å². The van der Waals surface area contributed by atoms with Crippen molar-refractivity contribution in [2.24, 2.45) is 4.99 Å². The van der Waals surface area contributed by atoms with Gasteiger partial charge in [-0.05, 0) is 12.8 Å². The fourth-order valence-corrected chi connectivity index (χ4v) is 2.85. The molecule has 0 spiro atoms. The van der Waals surface area contributed by atoms with Crippen LogP contribution >= 0.6 is 23.4 Å². The summed E-state index contributed by atoms with van der Waals surface area (Å²) in [7, 11) is 2.12. The molecular formula is C10H16ClN3S. The average Bonchev–Trinajstić information content (AvgIpc) is 2.20. The molecule has 1 unspecified atom stereocenters. The van der Waals surface area contributed by atoms with Crippen LogP contribution in [-0.2, 0) is 0 Å². The fraction of sp³-hybridized carbons (Fsp3) is 0.700. The van der Waals surface area contributed by atoms with Crippen LogP contribution in [0.5, 0.6) is 0 Å². The molecule has 5 heteroatoms. The lowest BCUT2D eigenvalue weighted by molar-refractivity contribution is 0.339. The van der Waals surface area contributed by atoms with E-state index in [-0.39, 0.29) is 5.50 Å². The van der Waals surface area contributed by atoms with Crippen molar-refractivity contribution in [3.8, 4) is 0 Å². The number of rotatable bonds is 1. The molecule has 2 heterocycles. The molecule has 2 rings (SSSR count). The van der Waals surface area contributed by atoms with Gasteiger partial charge in [-0.1, -0.05) is 30.3 Å². The molecular weight excluding hydrogens is 230 g/mol. The van der Waals surface area contributed by atoms with E-state index in [2.05, 4.69) is 29.2 Å². The highest BCUT2D eigenvalue weighted by Crippen LogP contribution is 2.27.